The molecule has 0 fully saturated rings. The third kappa shape index (κ3) is 4.10. The lowest BCUT2D eigenvalue weighted by molar-refractivity contribution is -0.142. The van der Waals surface area contributed by atoms with E-state index >= 15 is 0 Å². The van der Waals surface area contributed by atoms with E-state index in [0.717, 1.165) is 27.7 Å². The SMILES string of the molecule is COCCC(NC(=O)Cc1coc2cc(C)c(C)cc12)C(=O)O. The number of rotatable bonds is 7. The molecular formula is C17H21NO5. The molecule has 23 heavy (non-hydrogen) atoms. The maximum Gasteiger partial charge on any atom is 0.326 e. The van der Waals surface area contributed by atoms with Gasteiger partial charge >= 0.3 is 5.97 Å². The predicted octanol–water partition coefficient (Wildman–Crippen LogP) is 2.20. The Hall–Kier alpha value is -2.34. The number of nitrogens with one attached hydrogen (secondary N) is 1. The van der Waals surface area contributed by atoms with Crippen LogP contribution in [0.5, 0.6) is 0 Å². The normalized spacial score (nSPS) is 12.3. The highest BCUT2D eigenvalue weighted by Crippen LogP contribution is 2.25. The maximum atomic E-state index is 12.1. The van der Waals surface area contributed by atoms with Gasteiger partial charge in [0.2, 0.25) is 5.91 Å². The molecule has 0 saturated carbocycles. The third-order valence-corrected chi connectivity index (χ3v) is 3.86. The summed E-state index contributed by atoms with van der Waals surface area (Å²) in [5.41, 5.74) is 3.71. The van der Waals surface area contributed by atoms with Gasteiger partial charge in [-0.25, -0.2) is 4.79 Å². The molecule has 2 rings (SSSR count). The van der Waals surface area contributed by atoms with Crippen molar-refractivity contribution in [2.24, 2.45) is 0 Å². The quantitative estimate of drug-likeness (QED) is 0.816. The number of hydrogen-bond donors (Lipinski definition) is 2. The van der Waals surface area contributed by atoms with Crippen molar-refractivity contribution in [3.63, 3.8) is 0 Å². The Labute approximate surface area is 134 Å². The highest BCUT2D eigenvalue weighted by molar-refractivity contribution is 5.90. The zero-order valence-electron chi connectivity index (χ0n) is 13.5. The maximum absolute atomic E-state index is 12.1. The van der Waals surface area contributed by atoms with Gasteiger partial charge in [0.15, 0.2) is 0 Å². The number of aliphatic carboxylic acids is 1. The second kappa shape index (κ2) is 7.28. The van der Waals surface area contributed by atoms with Gasteiger partial charge in [-0.2, -0.15) is 0 Å². The number of furan rings is 1. The Bertz CT molecular complexity index is 719. The van der Waals surface area contributed by atoms with Crippen molar-refractivity contribution in [2.75, 3.05) is 13.7 Å². The molecule has 1 unspecified atom stereocenters. The summed E-state index contributed by atoms with van der Waals surface area (Å²) in [6, 6.07) is 2.96. The summed E-state index contributed by atoms with van der Waals surface area (Å²) in [5, 5.41) is 12.5. The van der Waals surface area contributed by atoms with Gasteiger partial charge in [0, 0.05) is 31.1 Å². The Morgan fingerprint density at radius 1 is 1.30 bits per heavy atom. The minimum Gasteiger partial charge on any atom is -0.480 e. The summed E-state index contributed by atoms with van der Waals surface area (Å²) in [5.74, 6) is -1.42. The van der Waals surface area contributed by atoms with Crippen LogP contribution in [0.3, 0.4) is 0 Å². The molecule has 2 aromatic rings. The van der Waals surface area contributed by atoms with E-state index in [2.05, 4.69) is 5.32 Å². The number of benzene rings is 1. The molecule has 0 spiro atoms. The van der Waals surface area contributed by atoms with E-state index in [1.165, 1.54) is 7.11 Å². The van der Waals surface area contributed by atoms with Gasteiger partial charge in [0.05, 0.1) is 12.7 Å². The molecule has 6 nitrogen and oxygen atoms in total. The summed E-state index contributed by atoms with van der Waals surface area (Å²) < 4.78 is 10.3. The van der Waals surface area contributed by atoms with Crippen LogP contribution in [0.2, 0.25) is 0 Å². The smallest absolute Gasteiger partial charge is 0.326 e. The number of carbonyl (C=O) groups excluding carboxylic acids is 1. The lowest BCUT2D eigenvalue weighted by atomic mass is 10.0. The van der Waals surface area contributed by atoms with Crippen molar-refractivity contribution in [2.45, 2.75) is 32.7 Å². The fourth-order valence-electron chi connectivity index (χ4n) is 2.38. The highest BCUT2D eigenvalue weighted by Gasteiger charge is 2.20. The van der Waals surface area contributed by atoms with Crippen LogP contribution in [-0.4, -0.2) is 36.7 Å². The fraction of sp³-hybridized carbons (Fsp3) is 0.412. The molecule has 0 aliphatic heterocycles. The Morgan fingerprint density at radius 2 is 2.00 bits per heavy atom. The number of ether oxygens (including phenoxy) is 1. The summed E-state index contributed by atoms with van der Waals surface area (Å²) >= 11 is 0. The van der Waals surface area contributed by atoms with Gasteiger partial charge in [-0.05, 0) is 37.1 Å². The van der Waals surface area contributed by atoms with Crippen LogP contribution in [0, 0.1) is 13.8 Å². The van der Waals surface area contributed by atoms with Crippen LogP contribution >= 0.6 is 0 Å². The van der Waals surface area contributed by atoms with E-state index in [-0.39, 0.29) is 25.4 Å². The van der Waals surface area contributed by atoms with E-state index in [9.17, 15) is 9.59 Å². The molecule has 1 aromatic heterocycles. The van der Waals surface area contributed by atoms with E-state index in [4.69, 9.17) is 14.3 Å². The van der Waals surface area contributed by atoms with Gasteiger partial charge in [0.1, 0.15) is 11.6 Å². The van der Waals surface area contributed by atoms with Crippen molar-refractivity contribution in [1.82, 2.24) is 5.32 Å². The molecule has 1 amide bonds. The van der Waals surface area contributed by atoms with Gasteiger partial charge in [-0.15, -0.1) is 0 Å². The number of hydrogen-bond acceptors (Lipinski definition) is 4. The second-order valence-corrected chi connectivity index (χ2v) is 5.61. The average molecular weight is 319 g/mol. The highest BCUT2D eigenvalue weighted by atomic mass is 16.5. The molecule has 2 N–H and O–H groups in total. The summed E-state index contributed by atoms with van der Waals surface area (Å²) in [4.78, 5) is 23.3. The van der Waals surface area contributed by atoms with Gasteiger partial charge < -0.3 is 19.6 Å². The molecule has 1 heterocycles. The zero-order valence-corrected chi connectivity index (χ0v) is 13.5. The van der Waals surface area contributed by atoms with Crippen molar-refractivity contribution >= 4 is 22.8 Å². The fourth-order valence-corrected chi connectivity index (χ4v) is 2.38. The van der Waals surface area contributed by atoms with Crippen molar-refractivity contribution in [3.8, 4) is 0 Å². The van der Waals surface area contributed by atoms with Crippen molar-refractivity contribution < 1.29 is 23.8 Å². The monoisotopic (exact) mass is 319 g/mol. The first-order valence-electron chi connectivity index (χ1n) is 7.40. The van der Waals surface area contributed by atoms with Gasteiger partial charge in [-0.1, -0.05) is 0 Å². The summed E-state index contributed by atoms with van der Waals surface area (Å²) in [7, 11) is 1.49. The number of methoxy groups -OCH3 is 1. The van der Waals surface area contributed by atoms with Gasteiger partial charge in [-0.3, -0.25) is 4.79 Å². The van der Waals surface area contributed by atoms with Crippen LogP contribution in [0.1, 0.15) is 23.1 Å². The largest absolute Gasteiger partial charge is 0.480 e. The lowest BCUT2D eigenvalue weighted by Gasteiger charge is -2.13. The second-order valence-electron chi connectivity index (χ2n) is 5.61. The Morgan fingerprint density at radius 3 is 2.65 bits per heavy atom. The number of carboxylic acid groups (broad SMARTS) is 1. The standard InChI is InChI=1S/C17H21NO5/c1-10-6-13-12(9-23-15(13)7-11(10)2)8-16(19)18-14(17(20)21)4-5-22-3/h6-7,9,14H,4-5,8H2,1-3H3,(H,18,19)(H,20,21). The number of fused-ring (bicyclic) bond motifs is 1. The number of aryl methyl sites for hydroxylation is 2. The first-order chi connectivity index (χ1) is 10.9. The van der Waals surface area contributed by atoms with Crippen molar-refractivity contribution in [1.29, 1.82) is 0 Å². The lowest BCUT2D eigenvalue weighted by Crippen LogP contribution is -2.42. The van der Waals surface area contributed by atoms with E-state index < -0.39 is 12.0 Å². The molecule has 0 radical (unpaired) electrons. The number of carbonyl (C=O) groups is 2. The molecule has 0 aliphatic carbocycles. The van der Waals surface area contributed by atoms with E-state index in [1.807, 2.05) is 26.0 Å². The van der Waals surface area contributed by atoms with Crippen LogP contribution in [0.4, 0.5) is 0 Å². The first-order valence-corrected chi connectivity index (χ1v) is 7.40. The Balaban J connectivity index is 2.10. The Kier molecular flexibility index (Phi) is 5.39. The van der Waals surface area contributed by atoms with Crippen molar-refractivity contribution in [3.05, 3.63) is 35.1 Å². The molecule has 0 bridgehead atoms. The molecular weight excluding hydrogens is 298 g/mol. The van der Waals surface area contributed by atoms with Crippen LogP contribution in [0.15, 0.2) is 22.8 Å². The van der Waals surface area contributed by atoms with Crippen LogP contribution in [-0.2, 0) is 20.7 Å². The zero-order chi connectivity index (χ0) is 17.0. The first kappa shape index (κ1) is 17.0. The van der Waals surface area contributed by atoms with E-state index in [1.54, 1.807) is 6.26 Å². The molecule has 124 valence electrons. The van der Waals surface area contributed by atoms with Gasteiger partial charge in [0.25, 0.3) is 0 Å². The average Bonchev–Trinajstić information content (AvgIpc) is 2.86. The summed E-state index contributed by atoms with van der Waals surface area (Å²) in [6.07, 6.45) is 1.85. The molecule has 1 atom stereocenters. The minimum absolute atomic E-state index is 0.0757. The molecule has 0 aliphatic rings. The predicted molar refractivity (Wildman–Crippen MR) is 85.5 cm³/mol. The minimum atomic E-state index is -1.07. The number of carboxylic acids is 1. The number of amides is 1. The van der Waals surface area contributed by atoms with Crippen LogP contribution < -0.4 is 5.32 Å². The molecule has 6 heteroatoms. The summed E-state index contributed by atoms with van der Waals surface area (Å²) in [6.45, 7) is 4.26. The van der Waals surface area contributed by atoms with E-state index in [0.29, 0.717) is 0 Å². The third-order valence-electron chi connectivity index (χ3n) is 3.86. The molecule has 1 aromatic carbocycles. The topological polar surface area (TPSA) is 88.8 Å². The molecule has 0 saturated heterocycles. The van der Waals surface area contributed by atoms with Crippen LogP contribution in [0.25, 0.3) is 11.0 Å².